The summed E-state index contributed by atoms with van der Waals surface area (Å²) in [5.41, 5.74) is 2.52. The third-order valence-electron chi connectivity index (χ3n) is 5.52. The molecule has 0 spiro atoms. The second-order valence-corrected chi connectivity index (χ2v) is 7.68. The summed E-state index contributed by atoms with van der Waals surface area (Å²) >= 11 is 0. The molecule has 0 N–H and O–H groups in total. The van der Waals surface area contributed by atoms with Crippen molar-refractivity contribution in [2.45, 2.75) is 19.1 Å². The summed E-state index contributed by atoms with van der Waals surface area (Å²) in [6, 6.07) is 20.9. The minimum Gasteiger partial charge on any atom is -0.497 e. The first-order chi connectivity index (χ1) is 16.1. The van der Waals surface area contributed by atoms with E-state index in [1.54, 1.807) is 61.6 Å². The van der Waals surface area contributed by atoms with Gasteiger partial charge in [0.1, 0.15) is 17.3 Å². The lowest BCUT2D eigenvalue weighted by Gasteiger charge is -2.25. The molecule has 6 nitrogen and oxygen atoms in total. The average molecular weight is 448 g/mol. The summed E-state index contributed by atoms with van der Waals surface area (Å²) < 4.78 is 25.0. The number of nitrogens with zero attached hydrogens (tertiary/aromatic N) is 2. The predicted octanol–water partition coefficient (Wildman–Crippen LogP) is 4.68. The Hall–Kier alpha value is -3.87. The Balaban J connectivity index is 1.53. The molecule has 0 bridgehead atoms. The van der Waals surface area contributed by atoms with Gasteiger partial charge in [-0.15, -0.1) is 0 Å². The third kappa shape index (κ3) is 5.14. The number of hydrogen-bond acceptors (Lipinski definition) is 5. The molecule has 0 saturated heterocycles. The molecule has 4 rings (SSSR count). The first-order valence-electron chi connectivity index (χ1n) is 10.6. The van der Waals surface area contributed by atoms with E-state index in [2.05, 4.69) is 5.16 Å². The molecule has 170 valence electrons. The molecule has 1 atom stereocenters. The van der Waals surface area contributed by atoms with Gasteiger partial charge in [0, 0.05) is 29.7 Å². The molecule has 1 aliphatic heterocycles. The van der Waals surface area contributed by atoms with Crippen molar-refractivity contribution in [2.75, 3.05) is 20.8 Å². The van der Waals surface area contributed by atoms with E-state index in [1.807, 2.05) is 24.3 Å². The van der Waals surface area contributed by atoms with E-state index in [-0.39, 0.29) is 30.9 Å². The summed E-state index contributed by atoms with van der Waals surface area (Å²) in [6.45, 7) is 0.364. The van der Waals surface area contributed by atoms with Crippen LogP contribution in [0.2, 0.25) is 0 Å². The number of hydrogen-bond donors (Lipinski definition) is 0. The van der Waals surface area contributed by atoms with Crippen molar-refractivity contribution in [3.63, 3.8) is 0 Å². The summed E-state index contributed by atoms with van der Waals surface area (Å²) in [5, 5.41) is 4.24. The third-order valence-corrected chi connectivity index (χ3v) is 5.52. The van der Waals surface area contributed by atoms with Crippen LogP contribution in [-0.2, 0) is 11.4 Å². The van der Waals surface area contributed by atoms with Crippen molar-refractivity contribution in [3.8, 4) is 11.5 Å². The number of amides is 1. The van der Waals surface area contributed by atoms with E-state index < -0.39 is 0 Å². The summed E-state index contributed by atoms with van der Waals surface area (Å²) in [5.74, 6) is 0.776. The van der Waals surface area contributed by atoms with Crippen molar-refractivity contribution >= 4 is 11.6 Å². The van der Waals surface area contributed by atoms with Crippen molar-refractivity contribution in [3.05, 3.63) is 95.3 Å². The van der Waals surface area contributed by atoms with Crippen LogP contribution in [0.1, 0.15) is 27.9 Å². The topological polar surface area (TPSA) is 60.4 Å². The zero-order valence-corrected chi connectivity index (χ0v) is 18.5. The summed E-state index contributed by atoms with van der Waals surface area (Å²) in [7, 11) is 3.18. The Morgan fingerprint density at radius 2 is 1.76 bits per heavy atom. The number of para-hydroxylation sites is 1. The van der Waals surface area contributed by atoms with E-state index in [9.17, 15) is 9.18 Å². The first-order valence-corrected chi connectivity index (χ1v) is 10.6. The Morgan fingerprint density at radius 1 is 1.03 bits per heavy atom. The lowest BCUT2D eigenvalue weighted by molar-refractivity contribution is 0.0403. The Bertz CT molecular complexity index is 1150. The molecule has 3 aromatic rings. The van der Waals surface area contributed by atoms with E-state index in [0.717, 1.165) is 11.3 Å². The number of carbonyl (C=O) groups excluding carboxylic acids is 1. The second kappa shape index (κ2) is 10.2. The second-order valence-electron chi connectivity index (χ2n) is 7.68. The maximum absolute atomic E-state index is 14.4. The number of rotatable bonds is 8. The van der Waals surface area contributed by atoms with Crippen LogP contribution in [0, 0.1) is 5.82 Å². The molecule has 0 saturated carbocycles. The number of carbonyl (C=O) groups is 1. The van der Waals surface area contributed by atoms with Crippen molar-refractivity contribution < 1.29 is 23.5 Å². The lowest BCUT2D eigenvalue weighted by Crippen LogP contribution is -2.37. The van der Waals surface area contributed by atoms with Crippen LogP contribution in [0.4, 0.5) is 4.39 Å². The fourth-order valence-electron chi connectivity index (χ4n) is 3.78. The molecular weight excluding hydrogens is 423 g/mol. The van der Waals surface area contributed by atoms with Gasteiger partial charge in [-0.25, -0.2) is 4.39 Å². The average Bonchev–Trinajstić information content (AvgIpc) is 3.33. The van der Waals surface area contributed by atoms with Crippen LogP contribution in [0.25, 0.3) is 0 Å². The van der Waals surface area contributed by atoms with Gasteiger partial charge in [-0.1, -0.05) is 35.5 Å². The summed E-state index contributed by atoms with van der Waals surface area (Å²) in [4.78, 5) is 20.6. The summed E-state index contributed by atoms with van der Waals surface area (Å²) in [6.07, 6.45) is 0.142. The van der Waals surface area contributed by atoms with E-state index in [1.165, 1.54) is 6.07 Å². The minimum atomic E-state index is -0.362. The minimum absolute atomic E-state index is 0.112. The molecule has 3 aromatic carbocycles. The number of ether oxygens (including phenoxy) is 2. The van der Waals surface area contributed by atoms with Gasteiger partial charge in [0.2, 0.25) is 0 Å². The van der Waals surface area contributed by atoms with Gasteiger partial charge in [0.05, 0.1) is 26.5 Å². The van der Waals surface area contributed by atoms with Gasteiger partial charge in [-0.2, -0.15) is 0 Å². The van der Waals surface area contributed by atoms with Crippen LogP contribution in [0.15, 0.2) is 78.0 Å². The maximum Gasteiger partial charge on any atom is 0.254 e. The highest BCUT2D eigenvalue weighted by atomic mass is 19.1. The van der Waals surface area contributed by atoms with Crippen molar-refractivity contribution in [1.29, 1.82) is 0 Å². The Morgan fingerprint density at radius 3 is 2.48 bits per heavy atom. The van der Waals surface area contributed by atoms with Crippen LogP contribution < -0.4 is 9.47 Å². The zero-order chi connectivity index (χ0) is 23.2. The molecule has 7 heteroatoms. The molecular formula is C26H25FN2O4. The monoisotopic (exact) mass is 448 g/mol. The predicted molar refractivity (Wildman–Crippen MR) is 123 cm³/mol. The molecule has 0 unspecified atom stereocenters. The SMILES string of the molecule is COc1ccc(C(=O)N(Cc2ccccc2F)C[C@@H]2CC(c3ccccc3OC)=NO2)cc1. The van der Waals surface area contributed by atoms with E-state index in [4.69, 9.17) is 14.3 Å². The zero-order valence-electron chi connectivity index (χ0n) is 18.5. The molecule has 1 aliphatic rings. The molecule has 1 heterocycles. The highest BCUT2D eigenvalue weighted by Crippen LogP contribution is 2.26. The maximum atomic E-state index is 14.4. The van der Waals surface area contributed by atoms with Gasteiger partial charge in [0.15, 0.2) is 6.10 Å². The largest absolute Gasteiger partial charge is 0.497 e. The van der Waals surface area contributed by atoms with Crippen molar-refractivity contribution in [1.82, 2.24) is 4.90 Å². The molecule has 0 fully saturated rings. The number of benzene rings is 3. The highest BCUT2D eigenvalue weighted by Gasteiger charge is 2.29. The highest BCUT2D eigenvalue weighted by molar-refractivity contribution is 6.03. The lowest BCUT2D eigenvalue weighted by atomic mass is 10.0. The number of halogens is 1. The number of methoxy groups -OCH3 is 2. The number of oxime groups is 1. The Labute approximate surface area is 192 Å². The van der Waals surface area contributed by atoms with Gasteiger partial charge in [-0.3, -0.25) is 4.79 Å². The van der Waals surface area contributed by atoms with Gasteiger partial charge in [-0.05, 0) is 42.5 Å². The van der Waals surface area contributed by atoms with Crippen LogP contribution in [0.5, 0.6) is 11.5 Å². The molecule has 0 aliphatic carbocycles. The fourth-order valence-corrected chi connectivity index (χ4v) is 3.78. The molecule has 0 radical (unpaired) electrons. The van der Waals surface area contributed by atoms with E-state index >= 15 is 0 Å². The molecule has 33 heavy (non-hydrogen) atoms. The van der Waals surface area contributed by atoms with E-state index in [0.29, 0.717) is 29.0 Å². The molecule has 0 aromatic heterocycles. The normalized spacial score (nSPS) is 14.9. The van der Waals surface area contributed by atoms with Crippen molar-refractivity contribution in [2.24, 2.45) is 5.16 Å². The van der Waals surface area contributed by atoms with Crippen LogP contribution in [-0.4, -0.2) is 43.4 Å². The quantitative estimate of drug-likeness (QED) is 0.502. The smallest absolute Gasteiger partial charge is 0.254 e. The Kier molecular flexibility index (Phi) is 6.88. The molecule has 1 amide bonds. The van der Waals surface area contributed by atoms with Crippen LogP contribution in [0.3, 0.4) is 0 Å². The van der Waals surface area contributed by atoms with Crippen LogP contribution >= 0.6 is 0 Å². The van der Waals surface area contributed by atoms with Gasteiger partial charge in [0.25, 0.3) is 5.91 Å². The fraction of sp³-hybridized carbons (Fsp3) is 0.231. The first kappa shape index (κ1) is 22.3. The standard InChI is InChI=1S/C26H25FN2O4/c1-31-20-13-11-18(12-14-20)26(30)29(16-19-7-3-5-9-23(19)27)17-21-15-24(28-33-21)22-8-4-6-10-25(22)32-2/h3-14,21H,15-17H2,1-2H3/t21-/m0/s1. The van der Waals surface area contributed by atoms with Gasteiger partial charge < -0.3 is 19.2 Å². The van der Waals surface area contributed by atoms with Gasteiger partial charge >= 0.3 is 0 Å².